The molecule has 0 heterocycles. The Bertz CT molecular complexity index is 302. The van der Waals surface area contributed by atoms with Crippen LogP contribution >= 0.6 is 0 Å². The first-order valence-electron chi connectivity index (χ1n) is 5.79. The van der Waals surface area contributed by atoms with Crippen LogP contribution in [0.25, 0.3) is 0 Å². The van der Waals surface area contributed by atoms with E-state index >= 15 is 0 Å². The summed E-state index contributed by atoms with van der Waals surface area (Å²) in [5.74, 6) is 0. The van der Waals surface area contributed by atoms with Gasteiger partial charge in [0.05, 0.1) is 0 Å². The summed E-state index contributed by atoms with van der Waals surface area (Å²) in [7, 11) is 2.01. The molecule has 0 radical (unpaired) electrons. The molecule has 3 nitrogen and oxygen atoms in total. The van der Waals surface area contributed by atoms with Crippen LogP contribution < -0.4 is 5.73 Å². The van der Waals surface area contributed by atoms with Gasteiger partial charge in [0.2, 0.25) is 0 Å². The highest BCUT2D eigenvalue weighted by Gasteiger charge is 2.28. The van der Waals surface area contributed by atoms with Crippen molar-refractivity contribution in [3.05, 3.63) is 35.9 Å². The van der Waals surface area contributed by atoms with Crippen LogP contribution in [0.3, 0.4) is 0 Å². The van der Waals surface area contributed by atoms with Crippen LogP contribution in [-0.2, 0) is 5.60 Å². The number of hydrogen-bond acceptors (Lipinski definition) is 3. The molecule has 0 saturated carbocycles. The van der Waals surface area contributed by atoms with Crippen molar-refractivity contribution in [1.82, 2.24) is 4.90 Å². The standard InChI is InChI=1S/C13H22N2O/c1-3-9-15(2)11-13(16,10-14)12-7-5-4-6-8-12/h4-8,16H,3,9-11,14H2,1-2H3. The molecule has 1 aromatic carbocycles. The molecular formula is C13H22N2O. The van der Waals surface area contributed by atoms with Gasteiger partial charge in [-0.25, -0.2) is 0 Å². The van der Waals surface area contributed by atoms with E-state index in [-0.39, 0.29) is 6.54 Å². The van der Waals surface area contributed by atoms with Gasteiger partial charge >= 0.3 is 0 Å². The van der Waals surface area contributed by atoms with E-state index in [0.29, 0.717) is 6.54 Å². The Labute approximate surface area is 97.9 Å². The molecule has 0 bridgehead atoms. The van der Waals surface area contributed by atoms with Crippen molar-refractivity contribution in [3.63, 3.8) is 0 Å². The average molecular weight is 222 g/mol. The first kappa shape index (κ1) is 13.2. The first-order valence-corrected chi connectivity index (χ1v) is 5.79. The Balaban J connectivity index is 2.78. The maximum atomic E-state index is 10.5. The van der Waals surface area contributed by atoms with Gasteiger partial charge in [0, 0.05) is 13.1 Å². The quantitative estimate of drug-likeness (QED) is 0.760. The second kappa shape index (κ2) is 5.99. The summed E-state index contributed by atoms with van der Waals surface area (Å²) in [4.78, 5) is 2.11. The lowest BCUT2D eigenvalue weighted by atomic mass is 9.93. The topological polar surface area (TPSA) is 49.5 Å². The van der Waals surface area contributed by atoms with Crippen molar-refractivity contribution in [2.45, 2.75) is 18.9 Å². The number of rotatable bonds is 6. The van der Waals surface area contributed by atoms with Gasteiger partial charge in [0.1, 0.15) is 5.60 Å². The third-order valence-electron chi connectivity index (χ3n) is 2.79. The predicted octanol–water partition coefficient (Wildman–Crippen LogP) is 1.17. The third-order valence-corrected chi connectivity index (χ3v) is 2.79. The number of nitrogens with zero attached hydrogens (tertiary/aromatic N) is 1. The molecule has 0 aliphatic carbocycles. The smallest absolute Gasteiger partial charge is 0.114 e. The van der Waals surface area contributed by atoms with Crippen LogP contribution in [0.5, 0.6) is 0 Å². The van der Waals surface area contributed by atoms with Crippen LogP contribution in [0.2, 0.25) is 0 Å². The molecule has 0 amide bonds. The maximum Gasteiger partial charge on any atom is 0.114 e. The zero-order valence-corrected chi connectivity index (χ0v) is 10.2. The van der Waals surface area contributed by atoms with Crippen molar-refractivity contribution < 1.29 is 5.11 Å². The summed E-state index contributed by atoms with van der Waals surface area (Å²) in [6, 6.07) is 9.64. The number of aliphatic hydroxyl groups is 1. The Morgan fingerprint density at radius 2 is 1.94 bits per heavy atom. The second-order valence-electron chi connectivity index (χ2n) is 4.34. The normalized spacial score (nSPS) is 15.1. The van der Waals surface area contributed by atoms with Crippen LogP contribution in [0.4, 0.5) is 0 Å². The molecule has 3 N–H and O–H groups in total. The second-order valence-corrected chi connectivity index (χ2v) is 4.34. The van der Waals surface area contributed by atoms with Gasteiger partial charge in [-0.15, -0.1) is 0 Å². The average Bonchev–Trinajstić information content (AvgIpc) is 2.30. The van der Waals surface area contributed by atoms with Crippen molar-refractivity contribution in [3.8, 4) is 0 Å². The van der Waals surface area contributed by atoms with Crippen molar-refractivity contribution in [2.75, 3.05) is 26.7 Å². The molecule has 1 atom stereocenters. The van der Waals surface area contributed by atoms with E-state index in [0.717, 1.165) is 18.5 Å². The van der Waals surface area contributed by atoms with Crippen LogP contribution in [0.1, 0.15) is 18.9 Å². The molecule has 0 aliphatic heterocycles. The highest BCUT2D eigenvalue weighted by atomic mass is 16.3. The number of nitrogens with two attached hydrogens (primary N) is 1. The lowest BCUT2D eigenvalue weighted by Crippen LogP contribution is -2.45. The number of likely N-dealkylation sites (N-methyl/N-ethyl adjacent to an activating group) is 1. The molecule has 1 aromatic rings. The molecular weight excluding hydrogens is 200 g/mol. The number of hydrogen-bond donors (Lipinski definition) is 2. The fourth-order valence-electron chi connectivity index (χ4n) is 1.93. The zero-order chi connectivity index (χ0) is 12.0. The fourth-order valence-corrected chi connectivity index (χ4v) is 1.93. The van der Waals surface area contributed by atoms with Gasteiger partial charge in [0.25, 0.3) is 0 Å². The van der Waals surface area contributed by atoms with Gasteiger partial charge in [-0.1, -0.05) is 37.3 Å². The van der Waals surface area contributed by atoms with Crippen LogP contribution in [0.15, 0.2) is 30.3 Å². The minimum Gasteiger partial charge on any atom is -0.382 e. The van der Waals surface area contributed by atoms with E-state index in [1.807, 2.05) is 37.4 Å². The molecule has 0 spiro atoms. The lowest BCUT2D eigenvalue weighted by molar-refractivity contribution is 0.0139. The van der Waals surface area contributed by atoms with Gasteiger partial charge in [-0.3, -0.25) is 0 Å². The largest absolute Gasteiger partial charge is 0.382 e. The molecule has 0 aliphatic rings. The van der Waals surface area contributed by atoms with Gasteiger partial charge in [-0.2, -0.15) is 0 Å². The van der Waals surface area contributed by atoms with E-state index in [2.05, 4.69) is 11.8 Å². The SMILES string of the molecule is CCCN(C)CC(O)(CN)c1ccccc1. The van der Waals surface area contributed by atoms with Crippen LogP contribution in [0, 0.1) is 0 Å². The van der Waals surface area contributed by atoms with Crippen LogP contribution in [-0.4, -0.2) is 36.7 Å². The summed E-state index contributed by atoms with van der Waals surface area (Å²) in [5.41, 5.74) is 5.66. The summed E-state index contributed by atoms with van der Waals surface area (Å²) in [6.07, 6.45) is 1.08. The monoisotopic (exact) mass is 222 g/mol. The Morgan fingerprint density at radius 3 is 2.44 bits per heavy atom. The minimum absolute atomic E-state index is 0.241. The summed E-state index contributed by atoms with van der Waals surface area (Å²) in [6.45, 7) is 3.90. The van der Waals surface area contributed by atoms with E-state index in [1.54, 1.807) is 0 Å². The minimum atomic E-state index is -0.939. The summed E-state index contributed by atoms with van der Waals surface area (Å²) in [5, 5.41) is 10.5. The van der Waals surface area contributed by atoms with E-state index in [1.165, 1.54) is 0 Å². The molecule has 0 fully saturated rings. The van der Waals surface area contributed by atoms with Crippen molar-refractivity contribution >= 4 is 0 Å². The summed E-state index contributed by atoms with van der Waals surface area (Å²) < 4.78 is 0. The third kappa shape index (κ3) is 3.30. The molecule has 0 aromatic heterocycles. The Kier molecular flexibility index (Phi) is 4.93. The Morgan fingerprint density at radius 1 is 1.31 bits per heavy atom. The highest BCUT2D eigenvalue weighted by molar-refractivity contribution is 5.23. The van der Waals surface area contributed by atoms with Crippen molar-refractivity contribution in [1.29, 1.82) is 0 Å². The summed E-state index contributed by atoms with van der Waals surface area (Å²) >= 11 is 0. The molecule has 16 heavy (non-hydrogen) atoms. The molecule has 0 saturated heterocycles. The molecule has 1 rings (SSSR count). The lowest BCUT2D eigenvalue weighted by Gasteiger charge is -2.31. The fraction of sp³-hybridized carbons (Fsp3) is 0.538. The molecule has 3 heteroatoms. The van der Waals surface area contributed by atoms with Gasteiger partial charge in [-0.05, 0) is 25.6 Å². The van der Waals surface area contributed by atoms with E-state index in [4.69, 9.17) is 5.73 Å². The molecule has 1 unspecified atom stereocenters. The van der Waals surface area contributed by atoms with E-state index < -0.39 is 5.60 Å². The molecule has 90 valence electrons. The van der Waals surface area contributed by atoms with Gasteiger partial charge in [0.15, 0.2) is 0 Å². The Hall–Kier alpha value is -0.900. The first-order chi connectivity index (χ1) is 7.62. The highest BCUT2D eigenvalue weighted by Crippen LogP contribution is 2.20. The van der Waals surface area contributed by atoms with E-state index in [9.17, 15) is 5.11 Å². The van der Waals surface area contributed by atoms with Crippen molar-refractivity contribution in [2.24, 2.45) is 5.73 Å². The maximum absolute atomic E-state index is 10.5. The number of benzene rings is 1. The van der Waals surface area contributed by atoms with Gasteiger partial charge < -0.3 is 15.7 Å². The predicted molar refractivity (Wildman–Crippen MR) is 67.2 cm³/mol. The zero-order valence-electron chi connectivity index (χ0n) is 10.2.